The Bertz CT molecular complexity index is 511. The molecule has 2 amide bonds. The summed E-state index contributed by atoms with van der Waals surface area (Å²) in [4.78, 5) is 23.6. The van der Waals surface area contributed by atoms with Crippen molar-refractivity contribution in [3.63, 3.8) is 0 Å². The van der Waals surface area contributed by atoms with Crippen LogP contribution >= 0.6 is 0 Å². The highest BCUT2D eigenvalue weighted by Gasteiger charge is 2.20. The average Bonchev–Trinajstić information content (AvgIpc) is 2.65. The Balaban J connectivity index is 1.91. The Morgan fingerprint density at radius 2 is 1.91 bits per heavy atom. The minimum Gasteiger partial charge on any atom is -0.374 e. The molecule has 0 spiro atoms. The molecule has 1 saturated heterocycles. The number of amides is 2. The number of nitrogens with one attached hydrogen (secondary N) is 3. The van der Waals surface area contributed by atoms with Gasteiger partial charge in [0.15, 0.2) is 0 Å². The van der Waals surface area contributed by atoms with E-state index in [2.05, 4.69) is 16.0 Å². The van der Waals surface area contributed by atoms with Gasteiger partial charge >= 0.3 is 0 Å². The second kappa shape index (κ2) is 7.82. The fourth-order valence-electron chi connectivity index (χ4n) is 2.51. The van der Waals surface area contributed by atoms with Crippen LogP contribution in [0.4, 0.5) is 11.4 Å². The van der Waals surface area contributed by atoms with Crippen LogP contribution < -0.4 is 16.0 Å². The van der Waals surface area contributed by atoms with Crippen LogP contribution in [0.3, 0.4) is 0 Å². The Labute approximate surface area is 131 Å². The Morgan fingerprint density at radius 3 is 2.59 bits per heavy atom. The maximum Gasteiger partial charge on any atom is 0.242 e. The summed E-state index contributed by atoms with van der Waals surface area (Å²) >= 11 is 0. The summed E-state index contributed by atoms with van der Waals surface area (Å²) in [5.74, 6) is 0.431. The van der Waals surface area contributed by atoms with Gasteiger partial charge in [-0.15, -0.1) is 0 Å². The van der Waals surface area contributed by atoms with Gasteiger partial charge in [0.25, 0.3) is 0 Å². The maximum atomic E-state index is 11.9. The van der Waals surface area contributed by atoms with Crippen molar-refractivity contribution in [1.29, 1.82) is 0 Å². The largest absolute Gasteiger partial charge is 0.374 e. The molecule has 1 heterocycles. The molecule has 1 aliphatic heterocycles. The SMILES string of the molecule is CC(C)CC(=O)Nc1ccc(N[C@H]2CCCCNC2=O)cc1. The molecule has 1 aliphatic rings. The minimum atomic E-state index is -0.177. The molecule has 120 valence electrons. The number of carbonyl (C=O) groups excluding carboxylic acids is 2. The van der Waals surface area contributed by atoms with E-state index < -0.39 is 0 Å². The Morgan fingerprint density at radius 1 is 1.23 bits per heavy atom. The van der Waals surface area contributed by atoms with Gasteiger partial charge in [0, 0.05) is 24.3 Å². The topological polar surface area (TPSA) is 70.2 Å². The third kappa shape index (κ3) is 5.06. The van der Waals surface area contributed by atoms with Crippen LogP contribution in [0.2, 0.25) is 0 Å². The smallest absolute Gasteiger partial charge is 0.242 e. The molecule has 2 rings (SSSR count). The van der Waals surface area contributed by atoms with E-state index in [0.717, 1.165) is 37.2 Å². The Hall–Kier alpha value is -2.04. The number of rotatable bonds is 5. The lowest BCUT2D eigenvalue weighted by Gasteiger charge is -2.17. The van der Waals surface area contributed by atoms with Crippen LogP contribution in [0.1, 0.15) is 39.5 Å². The summed E-state index contributed by atoms with van der Waals surface area (Å²) in [5.41, 5.74) is 1.67. The van der Waals surface area contributed by atoms with Gasteiger partial charge in [0.05, 0.1) is 0 Å². The van der Waals surface area contributed by atoms with Crippen LogP contribution in [0.5, 0.6) is 0 Å². The van der Waals surface area contributed by atoms with Gasteiger partial charge in [-0.25, -0.2) is 0 Å². The fourth-order valence-corrected chi connectivity index (χ4v) is 2.51. The normalized spacial score (nSPS) is 18.5. The summed E-state index contributed by atoms with van der Waals surface area (Å²) in [5, 5.41) is 9.05. The number of hydrogen-bond donors (Lipinski definition) is 3. The lowest BCUT2D eigenvalue weighted by atomic mass is 10.1. The van der Waals surface area contributed by atoms with Crippen LogP contribution in [0.25, 0.3) is 0 Å². The highest BCUT2D eigenvalue weighted by molar-refractivity contribution is 5.91. The molecule has 1 aromatic carbocycles. The summed E-state index contributed by atoms with van der Waals surface area (Å²) in [6, 6.07) is 7.32. The number of hydrogen-bond acceptors (Lipinski definition) is 3. The van der Waals surface area contributed by atoms with Crippen molar-refractivity contribution in [2.45, 2.75) is 45.6 Å². The van der Waals surface area contributed by atoms with E-state index in [1.165, 1.54) is 0 Å². The van der Waals surface area contributed by atoms with Gasteiger partial charge in [0.2, 0.25) is 11.8 Å². The van der Waals surface area contributed by atoms with E-state index in [1.807, 2.05) is 38.1 Å². The van der Waals surface area contributed by atoms with E-state index in [0.29, 0.717) is 12.3 Å². The van der Waals surface area contributed by atoms with Gasteiger partial charge in [-0.05, 0) is 49.4 Å². The number of anilines is 2. The number of carbonyl (C=O) groups is 2. The zero-order chi connectivity index (χ0) is 15.9. The summed E-state index contributed by atoms with van der Waals surface area (Å²) < 4.78 is 0. The molecule has 5 nitrogen and oxygen atoms in total. The molecule has 3 N–H and O–H groups in total. The quantitative estimate of drug-likeness (QED) is 0.783. The summed E-state index contributed by atoms with van der Waals surface area (Å²) in [6.07, 6.45) is 3.44. The first-order valence-electron chi connectivity index (χ1n) is 7.99. The molecular weight excluding hydrogens is 278 g/mol. The van der Waals surface area contributed by atoms with Gasteiger partial charge in [-0.1, -0.05) is 13.8 Å². The van der Waals surface area contributed by atoms with Gasteiger partial charge in [-0.2, -0.15) is 0 Å². The zero-order valence-electron chi connectivity index (χ0n) is 13.3. The highest BCUT2D eigenvalue weighted by Crippen LogP contribution is 2.17. The molecule has 1 aromatic rings. The predicted molar refractivity (Wildman–Crippen MR) is 88.8 cm³/mol. The molecule has 5 heteroatoms. The molecule has 22 heavy (non-hydrogen) atoms. The van der Waals surface area contributed by atoms with E-state index in [1.54, 1.807) is 0 Å². The first-order valence-corrected chi connectivity index (χ1v) is 7.99. The molecule has 0 aromatic heterocycles. The van der Waals surface area contributed by atoms with Gasteiger partial charge in [-0.3, -0.25) is 9.59 Å². The van der Waals surface area contributed by atoms with Crippen molar-refractivity contribution < 1.29 is 9.59 Å². The molecule has 1 fully saturated rings. The summed E-state index contributed by atoms with van der Waals surface area (Å²) in [7, 11) is 0. The molecule has 0 bridgehead atoms. The zero-order valence-corrected chi connectivity index (χ0v) is 13.3. The molecular formula is C17H25N3O2. The minimum absolute atomic E-state index is 0.0267. The second-order valence-corrected chi connectivity index (χ2v) is 6.21. The monoisotopic (exact) mass is 303 g/mol. The van der Waals surface area contributed by atoms with E-state index >= 15 is 0 Å². The van der Waals surface area contributed by atoms with Crippen molar-refractivity contribution in [3.05, 3.63) is 24.3 Å². The van der Waals surface area contributed by atoms with Crippen molar-refractivity contribution >= 4 is 23.2 Å². The number of benzene rings is 1. The second-order valence-electron chi connectivity index (χ2n) is 6.21. The van der Waals surface area contributed by atoms with Crippen LogP contribution in [-0.2, 0) is 9.59 Å². The summed E-state index contributed by atoms with van der Waals surface area (Å²) in [6.45, 7) is 4.80. The predicted octanol–water partition coefficient (Wildman–Crippen LogP) is 2.75. The van der Waals surface area contributed by atoms with Crippen molar-refractivity contribution in [3.8, 4) is 0 Å². The van der Waals surface area contributed by atoms with E-state index in [-0.39, 0.29) is 17.9 Å². The third-order valence-corrected chi connectivity index (χ3v) is 3.64. The average molecular weight is 303 g/mol. The van der Waals surface area contributed by atoms with Crippen LogP contribution in [0.15, 0.2) is 24.3 Å². The lowest BCUT2D eigenvalue weighted by Crippen LogP contribution is -2.37. The molecule has 0 saturated carbocycles. The molecule has 1 atom stereocenters. The fraction of sp³-hybridized carbons (Fsp3) is 0.529. The molecule has 0 aliphatic carbocycles. The van der Waals surface area contributed by atoms with Gasteiger partial charge < -0.3 is 16.0 Å². The first kappa shape index (κ1) is 16.3. The Kier molecular flexibility index (Phi) is 5.81. The first-order chi connectivity index (χ1) is 10.5. The van der Waals surface area contributed by atoms with Crippen LogP contribution in [0, 0.1) is 5.92 Å². The highest BCUT2D eigenvalue weighted by atomic mass is 16.2. The van der Waals surface area contributed by atoms with E-state index in [4.69, 9.17) is 0 Å². The molecule has 0 radical (unpaired) electrons. The van der Waals surface area contributed by atoms with Crippen LogP contribution in [-0.4, -0.2) is 24.4 Å². The lowest BCUT2D eigenvalue weighted by molar-refractivity contribution is -0.121. The maximum absolute atomic E-state index is 11.9. The third-order valence-electron chi connectivity index (χ3n) is 3.64. The molecule has 0 unspecified atom stereocenters. The van der Waals surface area contributed by atoms with Crippen molar-refractivity contribution in [2.75, 3.05) is 17.2 Å². The van der Waals surface area contributed by atoms with Crippen molar-refractivity contribution in [1.82, 2.24) is 5.32 Å². The van der Waals surface area contributed by atoms with E-state index in [9.17, 15) is 9.59 Å². The van der Waals surface area contributed by atoms with Gasteiger partial charge in [0.1, 0.15) is 6.04 Å². The standard InChI is InChI=1S/C17H25N3O2/c1-12(2)11-16(21)20-14-8-6-13(7-9-14)19-15-5-3-4-10-18-17(15)22/h6-9,12,15,19H,3-5,10-11H2,1-2H3,(H,18,22)(H,20,21)/t15-/m0/s1. The van der Waals surface area contributed by atoms with Crippen molar-refractivity contribution in [2.24, 2.45) is 5.92 Å².